The van der Waals surface area contributed by atoms with E-state index in [9.17, 15) is 9.59 Å². The number of aromatic nitrogens is 2. The Bertz CT molecular complexity index is 828. The van der Waals surface area contributed by atoms with Crippen LogP contribution in [0, 0.1) is 0 Å². The zero-order valence-electron chi connectivity index (χ0n) is 22.6. The normalized spacial score (nSPS) is 13.2. The topological polar surface area (TPSA) is 102 Å². The Kier molecular flexibility index (Phi) is 10.9. The molecule has 0 aromatic carbocycles. The minimum absolute atomic E-state index is 0.297. The van der Waals surface area contributed by atoms with Crippen molar-refractivity contribution in [2.45, 2.75) is 97.5 Å². The molecule has 8 nitrogen and oxygen atoms in total. The van der Waals surface area contributed by atoms with E-state index in [4.69, 9.17) is 9.16 Å². The van der Waals surface area contributed by atoms with Crippen LogP contribution in [-0.4, -0.2) is 55.5 Å². The molecular weight excluding hydrogens is 448 g/mol. The van der Waals surface area contributed by atoms with Gasteiger partial charge in [-0.3, -0.25) is 4.79 Å². The first-order valence-electron chi connectivity index (χ1n) is 12.0. The summed E-state index contributed by atoms with van der Waals surface area (Å²) in [6, 6.07) is -0.402. The molecule has 1 amide bonds. The van der Waals surface area contributed by atoms with Gasteiger partial charge in [0.15, 0.2) is 14.6 Å². The summed E-state index contributed by atoms with van der Waals surface area (Å²) in [5.41, 5.74) is 2.09. The molecule has 1 heterocycles. The number of carbonyl (C=O) groups is 2. The lowest BCUT2D eigenvalue weighted by Crippen LogP contribution is -2.52. The van der Waals surface area contributed by atoms with Gasteiger partial charge in [0.05, 0.1) is 23.9 Å². The van der Waals surface area contributed by atoms with Crippen LogP contribution in [0.25, 0.3) is 5.57 Å². The van der Waals surface area contributed by atoms with Crippen LogP contribution in [0.1, 0.15) is 85.3 Å². The number of aldehydes is 1. The van der Waals surface area contributed by atoms with Gasteiger partial charge in [-0.15, -0.1) is 0 Å². The second kappa shape index (κ2) is 12.4. The molecule has 9 heteroatoms. The maximum Gasteiger partial charge on any atom is 0.408 e. The lowest BCUT2D eigenvalue weighted by Gasteiger charge is -2.43. The fourth-order valence-electron chi connectivity index (χ4n) is 4.58. The van der Waals surface area contributed by atoms with Gasteiger partial charge in [0.25, 0.3) is 0 Å². The van der Waals surface area contributed by atoms with Gasteiger partial charge in [-0.1, -0.05) is 48.1 Å². The molecule has 1 aromatic heterocycles. The largest absolute Gasteiger partial charge is 0.444 e. The monoisotopic (exact) mass is 492 g/mol. The highest BCUT2D eigenvalue weighted by Gasteiger charge is 2.45. The molecule has 0 bridgehead atoms. The maximum atomic E-state index is 12.6. The lowest BCUT2D eigenvalue weighted by molar-refractivity contribution is 0.0488. The molecule has 0 unspecified atom stereocenters. The standard InChI is InChI=1S/C25H44N4O4Si/c1-16(2)22-21(13-30)23(28-15-27-22)26-12-20(29-24(31)33-25(9,10)11)14-32-34(17(3)4,18(5)6)19(7)8/h13,15,17-20H,1,12,14H2,2-11H3,(H,29,31)(H,26,27,28)/t20-/m0/s1. The van der Waals surface area contributed by atoms with Crippen LogP contribution in [0.4, 0.5) is 10.6 Å². The molecule has 0 aliphatic rings. The first-order valence-corrected chi connectivity index (χ1v) is 14.1. The SMILES string of the molecule is C=C(C)c1ncnc(NC[C@@H](CO[Si](C(C)C)(C(C)C)C(C)C)NC(=O)OC(C)(C)C)c1C=O. The van der Waals surface area contributed by atoms with Crippen molar-refractivity contribution >= 4 is 32.1 Å². The average Bonchev–Trinajstić information content (AvgIpc) is 2.69. The van der Waals surface area contributed by atoms with Crippen molar-refractivity contribution in [3.05, 3.63) is 24.2 Å². The van der Waals surface area contributed by atoms with Gasteiger partial charge in [-0.25, -0.2) is 14.8 Å². The third-order valence-corrected chi connectivity index (χ3v) is 12.0. The summed E-state index contributed by atoms with van der Waals surface area (Å²) in [5, 5.41) is 6.13. The minimum Gasteiger partial charge on any atom is -0.444 e. The highest BCUT2D eigenvalue weighted by atomic mass is 28.4. The predicted octanol–water partition coefficient (Wildman–Crippen LogP) is 5.82. The predicted molar refractivity (Wildman–Crippen MR) is 141 cm³/mol. The molecule has 0 fully saturated rings. The van der Waals surface area contributed by atoms with Crippen molar-refractivity contribution in [3.63, 3.8) is 0 Å². The van der Waals surface area contributed by atoms with Crippen LogP contribution in [0.5, 0.6) is 0 Å². The van der Waals surface area contributed by atoms with Crippen molar-refractivity contribution in [2.24, 2.45) is 0 Å². The van der Waals surface area contributed by atoms with Gasteiger partial charge in [0.1, 0.15) is 17.7 Å². The van der Waals surface area contributed by atoms with Crippen LogP contribution in [0.2, 0.25) is 16.6 Å². The van der Waals surface area contributed by atoms with Gasteiger partial charge in [0, 0.05) is 6.54 Å². The van der Waals surface area contributed by atoms with E-state index in [0.29, 0.717) is 58.7 Å². The second-order valence-electron chi connectivity index (χ2n) is 10.7. The highest BCUT2D eigenvalue weighted by Crippen LogP contribution is 2.42. The number of hydrogen-bond acceptors (Lipinski definition) is 7. The number of ether oxygens (including phenoxy) is 1. The Morgan fingerprint density at radius 3 is 2.12 bits per heavy atom. The number of nitrogens with one attached hydrogen (secondary N) is 2. The summed E-state index contributed by atoms with van der Waals surface area (Å²) in [5.74, 6) is 0.388. The van der Waals surface area contributed by atoms with E-state index in [1.54, 1.807) is 6.92 Å². The van der Waals surface area contributed by atoms with Gasteiger partial charge < -0.3 is 19.8 Å². The van der Waals surface area contributed by atoms with Gasteiger partial charge in [-0.05, 0) is 49.9 Å². The van der Waals surface area contributed by atoms with E-state index < -0.39 is 26.1 Å². The molecule has 0 spiro atoms. The molecule has 0 aliphatic carbocycles. The Morgan fingerprint density at radius 1 is 1.12 bits per heavy atom. The molecule has 1 aromatic rings. The molecule has 0 saturated carbocycles. The number of anilines is 1. The van der Waals surface area contributed by atoms with Crippen molar-refractivity contribution < 1.29 is 18.8 Å². The first-order chi connectivity index (χ1) is 15.7. The van der Waals surface area contributed by atoms with Crippen LogP contribution < -0.4 is 10.6 Å². The molecule has 0 aliphatic heterocycles. The van der Waals surface area contributed by atoms with Crippen molar-refractivity contribution in [2.75, 3.05) is 18.5 Å². The van der Waals surface area contributed by atoms with Crippen molar-refractivity contribution in [1.29, 1.82) is 0 Å². The van der Waals surface area contributed by atoms with E-state index >= 15 is 0 Å². The summed E-state index contributed by atoms with van der Waals surface area (Å²) in [4.78, 5) is 32.7. The summed E-state index contributed by atoms with van der Waals surface area (Å²) in [6.45, 7) is 25.1. The molecule has 1 rings (SSSR count). The van der Waals surface area contributed by atoms with Crippen molar-refractivity contribution in [1.82, 2.24) is 15.3 Å². The average molecular weight is 493 g/mol. The fraction of sp³-hybridized carbons (Fsp3) is 0.680. The van der Waals surface area contributed by atoms with E-state index in [-0.39, 0.29) is 0 Å². The van der Waals surface area contributed by atoms with Gasteiger partial charge in [-0.2, -0.15) is 0 Å². The highest BCUT2D eigenvalue weighted by molar-refractivity contribution is 6.77. The van der Waals surface area contributed by atoms with Crippen LogP contribution in [0.15, 0.2) is 12.9 Å². The summed E-state index contributed by atoms with van der Waals surface area (Å²) in [6.07, 6.45) is 1.59. The summed E-state index contributed by atoms with van der Waals surface area (Å²) < 4.78 is 12.2. The zero-order valence-corrected chi connectivity index (χ0v) is 23.6. The molecule has 0 saturated heterocycles. The number of carbonyl (C=O) groups excluding carboxylic acids is 2. The van der Waals surface area contributed by atoms with Crippen LogP contribution in [-0.2, 0) is 9.16 Å². The Morgan fingerprint density at radius 2 is 1.68 bits per heavy atom. The molecule has 0 radical (unpaired) electrons. The van der Waals surface area contributed by atoms with Gasteiger partial charge in [0.2, 0.25) is 0 Å². The van der Waals surface area contributed by atoms with Crippen molar-refractivity contribution in [3.8, 4) is 0 Å². The van der Waals surface area contributed by atoms with E-state index in [1.165, 1.54) is 6.33 Å². The smallest absolute Gasteiger partial charge is 0.408 e. The Balaban J connectivity index is 3.17. The third kappa shape index (κ3) is 7.90. The fourth-order valence-corrected chi connectivity index (χ4v) is 10.1. The first kappa shape index (κ1) is 29.8. The molecular formula is C25H44N4O4Si. The maximum absolute atomic E-state index is 12.6. The quantitative estimate of drug-likeness (QED) is 0.280. The van der Waals surface area contributed by atoms with E-state index in [0.717, 1.165) is 0 Å². The number of hydrogen-bond donors (Lipinski definition) is 2. The van der Waals surface area contributed by atoms with Gasteiger partial charge >= 0.3 is 6.09 Å². The Hall–Kier alpha value is -2.26. The Labute approximate surface area is 206 Å². The molecule has 1 atom stereocenters. The summed E-state index contributed by atoms with van der Waals surface area (Å²) >= 11 is 0. The number of nitrogens with zero attached hydrogens (tertiary/aromatic N) is 2. The molecule has 34 heavy (non-hydrogen) atoms. The summed E-state index contributed by atoms with van der Waals surface area (Å²) in [7, 11) is -2.15. The third-order valence-electron chi connectivity index (χ3n) is 5.88. The number of allylic oxidation sites excluding steroid dienone is 1. The van der Waals surface area contributed by atoms with Crippen LogP contribution >= 0.6 is 0 Å². The lowest BCUT2D eigenvalue weighted by atomic mass is 10.1. The van der Waals surface area contributed by atoms with Crippen LogP contribution in [0.3, 0.4) is 0 Å². The number of alkyl carbamates (subject to hydrolysis) is 1. The van der Waals surface area contributed by atoms with E-state index in [2.05, 4.69) is 68.7 Å². The zero-order chi connectivity index (χ0) is 26.3. The number of amides is 1. The number of rotatable bonds is 12. The minimum atomic E-state index is -2.15. The molecule has 2 N–H and O–H groups in total. The second-order valence-corrected chi connectivity index (χ2v) is 16.2. The molecule has 192 valence electrons. The van der Waals surface area contributed by atoms with E-state index in [1.807, 2.05) is 20.8 Å².